The van der Waals surface area contributed by atoms with Gasteiger partial charge in [-0.05, 0) is 32.9 Å². The lowest BCUT2D eigenvalue weighted by Crippen LogP contribution is -2.42. The van der Waals surface area contributed by atoms with E-state index in [2.05, 4.69) is 9.97 Å². The van der Waals surface area contributed by atoms with E-state index in [0.29, 0.717) is 42.7 Å². The van der Waals surface area contributed by atoms with Gasteiger partial charge >= 0.3 is 0 Å². The van der Waals surface area contributed by atoms with Crippen LogP contribution in [0.5, 0.6) is 11.6 Å². The van der Waals surface area contributed by atoms with Crippen LogP contribution >= 0.6 is 0 Å². The van der Waals surface area contributed by atoms with Crippen molar-refractivity contribution in [1.29, 1.82) is 0 Å². The van der Waals surface area contributed by atoms with Gasteiger partial charge in [0.1, 0.15) is 17.7 Å². The van der Waals surface area contributed by atoms with Crippen LogP contribution in [0.15, 0.2) is 30.3 Å². The molecule has 2 heterocycles. The Labute approximate surface area is 154 Å². The molecular weight excluding hydrogens is 330 g/mol. The van der Waals surface area contributed by atoms with Crippen LogP contribution in [0.1, 0.15) is 41.6 Å². The van der Waals surface area contributed by atoms with Crippen molar-refractivity contribution in [3.8, 4) is 11.6 Å². The Morgan fingerprint density at radius 2 is 1.92 bits per heavy atom. The number of hydrogen-bond donors (Lipinski definition) is 0. The number of carbonyl (C=O) groups excluding carboxylic acids is 1. The van der Waals surface area contributed by atoms with E-state index < -0.39 is 0 Å². The van der Waals surface area contributed by atoms with Crippen molar-refractivity contribution in [2.24, 2.45) is 0 Å². The average molecular weight is 355 g/mol. The molecular formula is C20H25N3O3. The van der Waals surface area contributed by atoms with E-state index in [1.54, 1.807) is 0 Å². The summed E-state index contributed by atoms with van der Waals surface area (Å²) in [6.07, 6.45) is 1.63. The highest BCUT2D eigenvalue weighted by Crippen LogP contribution is 2.23. The second-order valence-corrected chi connectivity index (χ2v) is 6.43. The SMILES string of the molecule is CCOc1ccccc1C(=O)N1CCC(Oc2cc(C)nc(C)n2)CC1. The standard InChI is InChI=1S/C20H25N3O3/c1-4-25-18-8-6-5-7-17(18)20(24)23-11-9-16(10-12-23)26-19-13-14(2)21-15(3)22-19/h5-8,13,16H,4,9-12H2,1-3H3. The van der Waals surface area contributed by atoms with Crippen molar-refractivity contribution < 1.29 is 14.3 Å². The number of aromatic nitrogens is 2. The summed E-state index contributed by atoms with van der Waals surface area (Å²) in [7, 11) is 0. The summed E-state index contributed by atoms with van der Waals surface area (Å²) in [6, 6.07) is 9.26. The minimum atomic E-state index is 0.0150. The maximum atomic E-state index is 12.8. The first-order valence-corrected chi connectivity index (χ1v) is 9.07. The molecule has 0 aliphatic carbocycles. The summed E-state index contributed by atoms with van der Waals surface area (Å²) < 4.78 is 11.6. The Bertz CT molecular complexity index is 750. The normalized spacial score (nSPS) is 15.0. The predicted octanol–water partition coefficient (Wildman–Crippen LogP) is 3.18. The number of nitrogens with zero attached hydrogens (tertiary/aromatic N) is 3. The zero-order valence-corrected chi connectivity index (χ0v) is 15.6. The van der Waals surface area contributed by atoms with Crippen LogP contribution in [0, 0.1) is 13.8 Å². The van der Waals surface area contributed by atoms with Gasteiger partial charge in [-0.25, -0.2) is 4.98 Å². The van der Waals surface area contributed by atoms with E-state index in [1.165, 1.54) is 0 Å². The minimum Gasteiger partial charge on any atom is -0.493 e. The van der Waals surface area contributed by atoms with Crippen LogP contribution < -0.4 is 9.47 Å². The lowest BCUT2D eigenvalue weighted by atomic mass is 10.1. The van der Waals surface area contributed by atoms with Gasteiger partial charge in [0.15, 0.2) is 0 Å². The van der Waals surface area contributed by atoms with Crippen molar-refractivity contribution >= 4 is 5.91 Å². The molecule has 0 spiro atoms. The lowest BCUT2D eigenvalue weighted by molar-refractivity contribution is 0.0584. The quantitative estimate of drug-likeness (QED) is 0.824. The molecule has 1 fully saturated rings. The number of amides is 1. The Balaban J connectivity index is 1.60. The van der Waals surface area contributed by atoms with E-state index >= 15 is 0 Å². The highest BCUT2D eigenvalue weighted by Gasteiger charge is 2.26. The van der Waals surface area contributed by atoms with Crippen LogP contribution in [0.3, 0.4) is 0 Å². The molecule has 1 aliphatic rings. The van der Waals surface area contributed by atoms with Crippen LogP contribution in [0.25, 0.3) is 0 Å². The number of piperidine rings is 1. The van der Waals surface area contributed by atoms with Crippen molar-refractivity contribution in [3.05, 3.63) is 47.4 Å². The van der Waals surface area contributed by atoms with Crippen molar-refractivity contribution in [1.82, 2.24) is 14.9 Å². The molecule has 0 atom stereocenters. The van der Waals surface area contributed by atoms with E-state index in [1.807, 2.05) is 56.0 Å². The molecule has 0 unspecified atom stereocenters. The number of para-hydroxylation sites is 1. The van der Waals surface area contributed by atoms with Crippen LogP contribution in [-0.2, 0) is 0 Å². The second kappa shape index (κ2) is 8.17. The molecule has 138 valence electrons. The maximum Gasteiger partial charge on any atom is 0.257 e. The van der Waals surface area contributed by atoms with Crippen LogP contribution in [0.2, 0.25) is 0 Å². The molecule has 0 saturated carbocycles. The fourth-order valence-corrected chi connectivity index (χ4v) is 3.19. The molecule has 6 nitrogen and oxygen atoms in total. The Kier molecular flexibility index (Phi) is 5.71. The van der Waals surface area contributed by atoms with Gasteiger partial charge < -0.3 is 14.4 Å². The lowest BCUT2D eigenvalue weighted by Gasteiger charge is -2.32. The summed E-state index contributed by atoms with van der Waals surface area (Å²) in [5.41, 5.74) is 1.52. The third kappa shape index (κ3) is 4.31. The fourth-order valence-electron chi connectivity index (χ4n) is 3.19. The third-order valence-electron chi connectivity index (χ3n) is 4.38. The molecule has 2 aromatic rings. The minimum absolute atomic E-state index is 0.0150. The molecule has 1 aliphatic heterocycles. The number of hydrogen-bond acceptors (Lipinski definition) is 5. The van der Waals surface area contributed by atoms with Crippen LogP contribution in [-0.4, -0.2) is 46.6 Å². The molecule has 6 heteroatoms. The zero-order chi connectivity index (χ0) is 18.5. The maximum absolute atomic E-state index is 12.8. The molecule has 26 heavy (non-hydrogen) atoms. The zero-order valence-electron chi connectivity index (χ0n) is 15.6. The molecule has 3 rings (SSSR count). The molecule has 1 aromatic carbocycles. The summed E-state index contributed by atoms with van der Waals surface area (Å²) in [5, 5.41) is 0. The fraction of sp³-hybridized carbons (Fsp3) is 0.450. The monoisotopic (exact) mass is 355 g/mol. The molecule has 1 amide bonds. The molecule has 1 saturated heterocycles. The Morgan fingerprint density at radius 3 is 2.62 bits per heavy atom. The Morgan fingerprint density at radius 1 is 1.19 bits per heavy atom. The number of ether oxygens (including phenoxy) is 2. The van der Waals surface area contributed by atoms with Gasteiger partial charge in [0.25, 0.3) is 5.91 Å². The first-order chi connectivity index (χ1) is 12.6. The van der Waals surface area contributed by atoms with E-state index in [-0.39, 0.29) is 12.0 Å². The molecule has 0 bridgehead atoms. The van der Waals surface area contributed by atoms with Gasteiger partial charge in [0, 0.05) is 37.7 Å². The smallest absolute Gasteiger partial charge is 0.257 e. The number of likely N-dealkylation sites (tertiary alicyclic amines) is 1. The highest BCUT2D eigenvalue weighted by atomic mass is 16.5. The number of carbonyl (C=O) groups is 1. The van der Waals surface area contributed by atoms with Gasteiger partial charge in [-0.3, -0.25) is 4.79 Å². The van der Waals surface area contributed by atoms with Gasteiger partial charge in [-0.2, -0.15) is 4.98 Å². The van der Waals surface area contributed by atoms with Crippen molar-refractivity contribution in [3.63, 3.8) is 0 Å². The summed E-state index contributed by atoms with van der Waals surface area (Å²) in [5.74, 6) is 1.98. The summed E-state index contributed by atoms with van der Waals surface area (Å²) in [4.78, 5) is 23.3. The largest absolute Gasteiger partial charge is 0.493 e. The molecule has 0 radical (unpaired) electrons. The number of rotatable bonds is 5. The third-order valence-corrected chi connectivity index (χ3v) is 4.38. The molecule has 1 aromatic heterocycles. The van der Waals surface area contributed by atoms with Gasteiger partial charge in [0.05, 0.1) is 12.2 Å². The van der Waals surface area contributed by atoms with Crippen LogP contribution in [0.4, 0.5) is 0 Å². The number of aryl methyl sites for hydroxylation is 2. The van der Waals surface area contributed by atoms with E-state index in [9.17, 15) is 4.79 Å². The first kappa shape index (κ1) is 18.2. The van der Waals surface area contributed by atoms with Crippen molar-refractivity contribution in [2.75, 3.05) is 19.7 Å². The van der Waals surface area contributed by atoms with Gasteiger partial charge in [-0.15, -0.1) is 0 Å². The number of benzene rings is 1. The van der Waals surface area contributed by atoms with Gasteiger partial charge in [-0.1, -0.05) is 12.1 Å². The molecule has 0 N–H and O–H groups in total. The summed E-state index contributed by atoms with van der Waals surface area (Å²) in [6.45, 7) is 7.56. The first-order valence-electron chi connectivity index (χ1n) is 9.07. The average Bonchev–Trinajstić information content (AvgIpc) is 2.62. The van der Waals surface area contributed by atoms with E-state index in [4.69, 9.17) is 9.47 Å². The summed E-state index contributed by atoms with van der Waals surface area (Å²) >= 11 is 0. The Hall–Kier alpha value is -2.63. The second-order valence-electron chi connectivity index (χ2n) is 6.43. The highest BCUT2D eigenvalue weighted by molar-refractivity contribution is 5.97. The predicted molar refractivity (Wildman–Crippen MR) is 98.7 cm³/mol. The topological polar surface area (TPSA) is 64.5 Å². The van der Waals surface area contributed by atoms with Crippen molar-refractivity contribution in [2.45, 2.75) is 39.7 Å². The van der Waals surface area contributed by atoms with E-state index in [0.717, 1.165) is 18.5 Å². The van der Waals surface area contributed by atoms with Gasteiger partial charge in [0.2, 0.25) is 5.88 Å².